The summed E-state index contributed by atoms with van der Waals surface area (Å²) in [5, 5.41) is 29.7. The summed E-state index contributed by atoms with van der Waals surface area (Å²) in [7, 11) is 0. The maximum Gasteiger partial charge on any atom is 0.377 e. The van der Waals surface area contributed by atoms with Crippen LogP contribution in [0.1, 0.15) is 42.0 Å². The quantitative estimate of drug-likeness (QED) is 0.657. The molecule has 0 radical (unpaired) electrons. The number of aromatic hydroxyl groups is 1. The molecule has 158 valence electrons. The lowest BCUT2D eigenvalue weighted by atomic mass is 9.85. The summed E-state index contributed by atoms with van der Waals surface area (Å²) in [6.45, 7) is 7.83. The second-order valence-corrected chi connectivity index (χ2v) is 8.28. The molecule has 1 saturated heterocycles. The number of ether oxygens (including phenoxy) is 4. The SMILES string of the molecule is Cc1c(C)c2c(c(C)c1O)CC[C@](C)(C[C@@H]1OC[C@@H]([C@H]3OC(=O)C(O)=C3O)O1)O2. The number of benzene rings is 1. The second-order valence-electron chi connectivity index (χ2n) is 8.28. The van der Waals surface area contributed by atoms with E-state index in [4.69, 9.17) is 18.9 Å². The van der Waals surface area contributed by atoms with Crippen molar-refractivity contribution in [3.05, 3.63) is 33.8 Å². The molecule has 0 unspecified atom stereocenters. The van der Waals surface area contributed by atoms with E-state index in [1.807, 2.05) is 27.7 Å². The molecule has 1 aromatic rings. The molecule has 4 rings (SSSR count). The van der Waals surface area contributed by atoms with Gasteiger partial charge in [0.05, 0.1) is 6.61 Å². The van der Waals surface area contributed by atoms with Gasteiger partial charge in [0.2, 0.25) is 5.76 Å². The molecule has 3 heterocycles. The van der Waals surface area contributed by atoms with Crippen LogP contribution in [-0.4, -0.2) is 52.0 Å². The Labute approximate surface area is 168 Å². The third kappa shape index (κ3) is 3.20. The van der Waals surface area contributed by atoms with Crippen LogP contribution >= 0.6 is 0 Å². The number of aliphatic hydroxyl groups is 2. The third-order valence-electron chi connectivity index (χ3n) is 6.24. The number of cyclic esters (lactones) is 1. The van der Waals surface area contributed by atoms with Crippen LogP contribution < -0.4 is 4.74 Å². The average Bonchev–Trinajstić information content (AvgIpc) is 3.24. The van der Waals surface area contributed by atoms with Gasteiger partial charge in [0.15, 0.2) is 18.2 Å². The maximum atomic E-state index is 11.4. The van der Waals surface area contributed by atoms with E-state index in [1.165, 1.54) is 0 Å². The predicted molar refractivity (Wildman–Crippen MR) is 101 cm³/mol. The van der Waals surface area contributed by atoms with Gasteiger partial charge in [-0.15, -0.1) is 0 Å². The lowest BCUT2D eigenvalue weighted by Crippen LogP contribution is -2.41. The van der Waals surface area contributed by atoms with Crippen molar-refractivity contribution in [3.8, 4) is 11.5 Å². The number of phenolic OH excluding ortho intramolecular Hbond substituents is 1. The van der Waals surface area contributed by atoms with Gasteiger partial charge in [-0.25, -0.2) is 4.79 Å². The van der Waals surface area contributed by atoms with Gasteiger partial charge in [-0.2, -0.15) is 0 Å². The predicted octanol–water partition coefficient (Wildman–Crippen LogP) is 2.79. The number of esters is 1. The first-order valence-electron chi connectivity index (χ1n) is 9.72. The van der Waals surface area contributed by atoms with Gasteiger partial charge in [-0.1, -0.05) is 0 Å². The van der Waals surface area contributed by atoms with Gasteiger partial charge < -0.3 is 34.3 Å². The van der Waals surface area contributed by atoms with Crippen LogP contribution in [0.3, 0.4) is 0 Å². The average molecular weight is 406 g/mol. The number of carbonyl (C=O) groups excluding carboxylic acids is 1. The molecule has 0 aromatic heterocycles. The Morgan fingerprint density at radius 1 is 1.10 bits per heavy atom. The van der Waals surface area contributed by atoms with Gasteiger partial charge in [0.25, 0.3) is 0 Å². The first kappa shape index (κ1) is 19.8. The first-order chi connectivity index (χ1) is 13.6. The highest BCUT2D eigenvalue weighted by molar-refractivity contribution is 5.89. The highest BCUT2D eigenvalue weighted by atomic mass is 16.7. The number of rotatable bonds is 3. The summed E-state index contributed by atoms with van der Waals surface area (Å²) in [6.07, 6.45) is -0.430. The fourth-order valence-corrected chi connectivity index (χ4v) is 4.25. The van der Waals surface area contributed by atoms with Crippen molar-refractivity contribution in [2.75, 3.05) is 6.61 Å². The molecule has 3 aliphatic heterocycles. The summed E-state index contributed by atoms with van der Waals surface area (Å²) in [5.41, 5.74) is 3.06. The van der Waals surface area contributed by atoms with Crippen LogP contribution in [0.15, 0.2) is 11.5 Å². The number of hydrogen-bond acceptors (Lipinski definition) is 8. The fraction of sp³-hybridized carbons (Fsp3) is 0.571. The standard InChI is InChI=1S/C21H26O8/c1-9-10(2)18-12(11(3)15(9)22)5-6-21(4,29-18)7-14-26-8-13(27-14)19-16(23)17(24)20(25)28-19/h13-14,19,22-24H,5-8H2,1-4H3/t13-,14+,19+,21+/m0/s1. The molecule has 0 aliphatic carbocycles. The Bertz CT molecular complexity index is 905. The Kier molecular flexibility index (Phi) is 4.66. The van der Waals surface area contributed by atoms with Gasteiger partial charge in [0, 0.05) is 12.0 Å². The van der Waals surface area contributed by atoms with Crippen LogP contribution in [-0.2, 0) is 25.4 Å². The number of phenols is 1. The fourth-order valence-electron chi connectivity index (χ4n) is 4.25. The monoisotopic (exact) mass is 406 g/mol. The van der Waals surface area contributed by atoms with Gasteiger partial charge in [-0.05, 0) is 57.2 Å². The molecule has 1 aromatic carbocycles. The molecule has 0 saturated carbocycles. The molecule has 3 N–H and O–H groups in total. The Morgan fingerprint density at radius 2 is 1.83 bits per heavy atom. The molecular formula is C21H26O8. The van der Waals surface area contributed by atoms with E-state index in [0.717, 1.165) is 40.8 Å². The van der Waals surface area contributed by atoms with Crippen molar-refractivity contribution in [3.63, 3.8) is 0 Å². The number of carbonyl (C=O) groups is 1. The van der Waals surface area contributed by atoms with Crippen molar-refractivity contribution < 1.29 is 39.1 Å². The number of aliphatic hydroxyl groups excluding tert-OH is 2. The van der Waals surface area contributed by atoms with Crippen LogP contribution in [0, 0.1) is 20.8 Å². The Balaban J connectivity index is 1.47. The van der Waals surface area contributed by atoms with E-state index in [-0.39, 0.29) is 6.61 Å². The molecule has 0 bridgehead atoms. The van der Waals surface area contributed by atoms with E-state index in [0.29, 0.717) is 12.2 Å². The summed E-state index contributed by atoms with van der Waals surface area (Å²) >= 11 is 0. The first-order valence-corrected chi connectivity index (χ1v) is 9.72. The zero-order chi connectivity index (χ0) is 21.1. The minimum atomic E-state index is -1.07. The van der Waals surface area contributed by atoms with Crippen LogP contribution in [0.25, 0.3) is 0 Å². The molecule has 8 heteroatoms. The van der Waals surface area contributed by atoms with Crippen LogP contribution in [0.4, 0.5) is 0 Å². The highest BCUT2D eigenvalue weighted by Crippen LogP contribution is 2.45. The summed E-state index contributed by atoms with van der Waals surface area (Å²) in [6, 6.07) is 0. The molecule has 3 aliphatic rings. The summed E-state index contributed by atoms with van der Waals surface area (Å²) < 4.78 is 22.9. The molecule has 8 nitrogen and oxygen atoms in total. The zero-order valence-corrected chi connectivity index (χ0v) is 16.9. The zero-order valence-electron chi connectivity index (χ0n) is 16.9. The van der Waals surface area contributed by atoms with Crippen molar-refractivity contribution in [2.24, 2.45) is 0 Å². The largest absolute Gasteiger partial charge is 0.507 e. The third-order valence-corrected chi connectivity index (χ3v) is 6.24. The summed E-state index contributed by atoms with van der Waals surface area (Å²) in [4.78, 5) is 11.4. The topological polar surface area (TPSA) is 115 Å². The van der Waals surface area contributed by atoms with E-state index in [2.05, 4.69) is 0 Å². The molecule has 29 heavy (non-hydrogen) atoms. The highest BCUT2D eigenvalue weighted by Gasteiger charge is 2.46. The van der Waals surface area contributed by atoms with Crippen molar-refractivity contribution >= 4 is 5.97 Å². The van der Waals surface area contributed by atoms with E-state index >= 15 is 0 Å². The smallest absolute Gasteiger partial charge is 0.377 e. The Hall–Kier alpha value is -2.45. The van der Waals surface area contributed by atoms with Crippen molar-refractivity contribution in [1.82, 2.24) is 0 Å². The lowest BCUT2D eigenvalue weighted by molar-refractivity contribution is -0.151. The molecular weight excluding hydrogens is 380 g/mol. The molecule has 0 spiro atoms. The summed E-state index contributed by atoms with van der Waals surface area (Å²) in [5.74, 6) is -1.16. The molecule has 1 fully saturated rings. The number of fused-ring (bicyclic) bond motifs is 1. The Morgan fingerprint density at radius 3 is 2.48 bits per heavy atom. The minimum absolute atomic E-state index is 0.123. The van der Waals surface area contributed by atoms with E-state index < -0.39 is 41.6 Å². The van der Waals surface area contributed by atoms with Crippen LogP contribution in [0.5, 0.6) is 11.5 Å². The van der Waals surface area contributed by atoms with Crippen molar-refractivity contribution in [2.45, 2.75) is 71.1 Å². The maximum absolute atomic E-state index is 11.4. The molecule has 4 atom stereocenters. The van der Waals surface area contributed by atoms with Crippen LogP contribution in [0.2, 0.25) is 0 Å². The lowest BCUT2D eigenvalue weighted by Gasteiger charge is -2.39. The van der Waals surface area contributed by atoms with Gasteiger partial charge in [0.1, 0.15) is 23.2 Å². The normalized spacial score (nSPS) is 31.6. The number of hydrogen-bond donors (Lipinski definition) is 3. The van der Waals surface area contributed by atoms with Gasteiger partial charge in [-0.3, -0.25) is 0 Å². The van der Waals surface area contributed by atoms with E-state index in [9.17, 15) is 20.1 Å². The minimum Gasteiger partial charge on any atom is -0.507 e. The molecule has 0 amide bonds. The van der Waals surface area contributed by atoms with E-state index in [1.54, 1.807) is 0 Å². The van der Waals surface area contributed by atoms with Crippen molar-refractivity contribution in [1.29, 1.82) is 0 Å². The second kappa shape index (κ2) is 6.81. The van der Waals surface area contributed by atoms with Gasteiger partial charge >= 0.3 is 5.97 Å².